The molecule has 0 radical (unpaired) electrons. The lowest BCUT2D eigenvalue weighted by Gasteiger charge is -2.43. The van der Waals surface area contributed by atoms with Crippen molar-refractivity contribution in [2.45, 2.75) is 38.3 Å². The van der Waals surface area contributed by atoms with Gasteiger partial charge in [0.25, 0.3) is 0 Å². The van der Waals surface area contributed by atoms with Crippen molar-refractivity contribution in [3.63, 3.8) is 0 Å². The summed E-state index contributed by atoms with van der Waals surface area (Å²) < 4.78 is 17.6. The van der Waals surface area contributed by atoms with Crippen LogP contribution in [-0.4, -0.2) is 39.1 Å². The number of nitrogens with one attached hydrogen (secondary N) is 1. The third kappa shape index (κ3) is 3.57. The first-order chi connectivity index (χ1) is 10.3. The Labute approximate surface area is 127 Å². The highest BCUT2D eigenvalue weighted by molar-refractivity contribution is 5.38. The monoisotopic (exact) mass is 293 g/mol. The van der Waals surface area contributed by atoms with Crippen molar-refractivity contribution >= 4 is 0 Å². The van der Waals surface area contributed by atoms with E-state index < -0.39 is 0 Å². The van der Waals surface area contributed by atoms with Crippen LogP contribution in [0.5, 0.6) is 5.75 Å². The Balaban J connectivity index is 2.36. The fourth-order valence-corrected chi connectivity index (χ4v) is 3.23. The molecule has 2 rings (SSSR count). The summed E-state index contributed by atoms with van der Waals surface area (Å²) in [6.45, 7) is 6.92. The van der Waals surface area contributed by atoms with Crippen LogP contribution >= 0.6 is 0 Å². The highest BCUT2D eigenvalue weighted by atomic mass is 16.5. The van der Waals surface area contributed by atoms with E-state index in [1.165, 1.54) is 0 Å². The van der Waals surface area contributed by atoms with E-state index in [4.69, 9.17) is 14.2 Å². The van der Waals surface area contributed by atoms with Crippen molar-refractivity contribution in [3.05, 3.63) is 29.8 Å². The van der Waals surface area contributed by atoms with Gasteiger partial charge in [0, 0.05) is 38.2 Å². The largest absolute Gasteiger partial charge is 0.494 e. The molecule has 0 saturated carbocycles. The zero-order valence-electron chi connectivity index (χ0n) is 13.4. The van der Waals surface area contributed by atoms with E-state index in [0.29, 0.717) is 13.2 Å². The van der Waals surface area contributed by atoms with Crippen molar-refractivity contribution in [3.8, 4) is 5.75 Å². The number of para-hydroxylation sites is 1. The van der Waals surface area contributed by atoms with Crippen molar-refractivity contribution < 1.29 is 14.2 Å². The predicted molar refractivity (Wildman–Crippen MR) is 83.8 cm³/mol. The van der Waals surface area contributed by atoms with Gasteiger partial charge < -0.3 is 19.5 Å². The minimum Gasteiger partial charge on any atom is -0.494 e. The summed E-state index contributed by atoms with van der Waals surface area (Å²) in [5.41, 5.74) is 0.937. The Bertz CT molecular complexity index is 424. The fraction of sp³-hybridized carbons (Fsp3) is 0.647. The number of hydrogen-bond donors (Lipinski definition) is 1. The second-order valence-corrected chi connectivity index (χ2v) is 5.30. The van der Waals surface area contributed by atoms with E-state index in [9.17, 15) is 0 Å². The molecular formula is C17H27NO3. The third-order valence-electron chi connectivity index (χ3n) is 4.12. The lowest BCUT2D eigenvalue weighted by molar-refractivity contribution is -0.127. The van der Waals surface area contributed by atoms with Gasteiger partial charge in [-0.1, -0.05) is 18.2 Å². The van der Waals surface area contributed by atoms with Gasteiger partial charge in [-0.3, -0.25) is 0 Å². The van der Waals surface area contributed by atoms with E-state index in [0.717, 1.165) is 37.4 Å². The van der Waals surface area contributed by atoms with E-state index in [1.807, 2.05) is 26.1 Å². The van der Waals surface area contributed by atoms with Gasteiger partial charge in [-0.15, -0.1) is 0 Å². The molecule has 1 aliphatic heterocycles. The molecular weight excluding hydrogens is 266 g/mol. The smallest absolute Gasteiger partial charge is 0.124 e. The van der Waals surface area contributed by atoms with Crippen LogP contribution in [0, 0.1) is 0 Å². The summed E-state index contributed by atoms with van der Waals surface area (Å²) in [5, 5.41) is 3.45. The fourth-order valence-electron chi connectivity index (χ4n) is 3.23. The molecule has 0 aromatic heterocycles. The van der Waals surface area contributed by atoms with Gasteiger partial charge in [0.05, 0.1) is 18.2 Å². The molecule has 0 spiro atoms. The van der Waals surface area contributed by atoms with Gasteiger partial charge >= 0.3 is 0 Å². The molecule has 4 heteroatoms. The Morgan fingerprint density at radius 3 is 2.52 bits per heavy atom. The Hall–Kier alpha value is -1.10. The number of hydrogen-bond acceptors (Lipinski definition) is 4. The summed E-state index contributed by atoms with van der Waals surface area (Å²) >= 11 is 0. The average Bonchev–Trinajstić information content (AvgIpc) is 2.51. The Kier molecular flexibility index (Phi) is 6.03. The number of rotatable bonds is 7. The summed E-state index contributed by atoms with van der Waals surface area (Å²) in [6.07, 6.45) is 1.79. The lowest BCUT2D eigenvalue weighted by atomic mass is 9.81. The van der Waals surface area contributed by atoms with Gasteiger partial charge in [-0.25, -0.2) is 0 Å². The zero-order chi connectivity index (χ0) is 15.1. The first kappa shape index (κ1) is 16.3. The Morgan fingerprint density at radius 2 is 1.90 bits per heavy atom. The third-order valence-corrected chi connectivity index (χ3v) is 4.12. The SMILES string of the molecule is CCOc1ccccc1C(NC)C1(OCC)CCOCC1. The lowest BCUT2D eigenvalue weighted by Crippen LogP contribution is -2.49. The van der Waals surface area contributed by atoms with Gasteiger partial charge in [0.2, 0.25) is 0 Å². The summed E-state index contributed by atoms with van der Waals surface area (Å²) in [7, 11) is 1.99. The molecule has 1 heterocycles. The van der Waals surface area contributed by atoms with Crippen LogP contribution in [-0.2, 0) is 9.47 Å². The van der Waals surface area contributed by atoms with E-state index >= 15 is 0 Å². The molecule has 0 amide bonds. The molecule has 118 valence electrons. The second-order valence-electron chi connectivity index (χ2n) is 5.30. The van der Waals surface area contributed by atoms with E-state index in [-0.39, 0.29) is 11.6 Å². The molecule has 1 aromatic carbocycles. The normalized spacial score (nSPS) is 19.2. The minimum atomic E-state index is -0.227. The number of benzene rings is 1. The zero-order valence-corrected chi connectivity index (χ0v) is 13.4. The van der Waals surface area contributed by atoms with Crippen molar-refractivity contribution in [1.82, 2.24) is 5.32 Å². The topological polar surface area (TPSA) is 39.7 Å². The number of likely N-dealkylation sites (N-methyl/N-ethyl adjacent to an activating group) is 1. The molecule has 0 bridgehead atoms. The van der Waals surface area contributed by atoms with E-state index in [2.05, 4.69) is 24.4 Å². The maximum Gasteiger partial charge on any atom is 0.124 e. The second kappa shape index (κ2) is 7.78. The van der Waals surface area contributed by atoms with Crippen LogP contribution in [0.15, 0.2) is 24.3 Å². The molecule has 1 N–H and O–H groups in total. The van der Waals surface area contributed by atoms with Gasteiger partial charge in [-0.05, 0) is 27.0 Å². The first-order valence-electron chi connectivity index (χ1n) is 7.88. The first-order valence-corrected chi connectivity index (χ1v) is 7.88. The molecule has 21 heavy (non-hydrogen) atoms. The van der Waals surface area contributed by atoms with Crippen LogP contribution in [0.2, 0.25) is 0 Å². The van der Waals surface area contributed by atoms with Crippen LogP contribution in [0.25, 0.3) is 0 Å². The minimum absolute atomic E-state index is 0.101. The van der Waals surface area contributed by atoms with Crippen molar-refractivity contribution in [2.24, 2.45) is 0 Å². The van der Waals surface area contributed by atoms with Crippen LogP contribution in [0.4, 0.5) is 0 Å². The predicted octanol–water partition coefficient (Wildman–Crippen LogP) is 2.93. The van der Waals surface area contributed by atoms with Crippen molar-refractivity contribution in [2.75, 3.05) is 33.5 Å². The van der Waals surface area contributed by atoms with Gasteiger partial charge in [0.15, 0.2) is 0 Å². The van der Waals surface area contributed by atoms with Gasteiger partial charge in [-0.2, -0.15) is 0 Å². The van der Waals surface area contributed by atoms with Gasteiger partial charge in [0.1, 0.15) is 5.75 Å². The Morgan fingerprint density at radius 1 is 1.19 bits per heavy atom. The summed E-state index contributed by atoms with van der Waals surface area (Å²) in [6, 6.07) is 8.33. The standard InChI is InChI=1S/C17H27NO3/c1-4-20-15-9-7-6-8-14(15)16(18-3)17(21-5-2)10-12-19-13-11-17/h6-9,16,18H,4-5,10-13H2,1-3H3. The molecule has 0 aliphatic carbocycles. The van der Waals surface area contributed by atoms with E-state index in [1.54, 1.807) is 0 Å². The maximum atomic E-state index is 6.21. The average molecular weight is 293 g/mol. The van der Waals surface area contributed by atoms with Crippen molar-refractivity contribution in [1.29, 1.82) is 0 Å². The molecule has 1 unspecified atom stereocenters. The highest BCUT2D eigenvalue weighted by Gasteiger charge is 2.42. The van der Waals surface area contributed by atoms with Crippen LogP contribution in [0.3, 0.4) is 0 Å². The van der Waals surface area contributed by atoms with Crippen LogP contribution in [0.1, 0.15) is 38.3 Å². The molecule has 4 nitrogen and oxygen atoms in total. The molecule has 1 saturated heterocycles. The maximum absolute atomic E-state index is 6.21. The summed E-state index contributed by atoms with van der Waals surface area (Å²) in [4.78, 5) is 0. The highest BCUT2D eigenvalue weighted by Crippen LogP contribution is 2.40. The molecule has 1 aliphatic rings. The number of ether oxygens (including phenoxy) is 3. The summed E-state index contributed by atoms with van der Waals surface area (Å²) in [5.74, 6) is 0.935. The molecule has 1 atom stereocenters. The quantitative estimate of drug-likeness (QED) is 0.839. The molecule has 1 fully saturated rings. The van der Waals surface area contributed by atoms with Crippen LogP contribution < -0.4 is 10.1 Å². The molecule has 1 aromatic rings.